The highest BCUT2D eigenvalue weighted by atomic mass is 14.9. The Labute approximate surface area is 121 Å². The van der Waals surface area contributed by atoms with Gasteiger partial charge in [0.2, 0.25) is 0 Å². The van der Waals surface area contributed by atoms with Crippen LogP contribution in [0, 0.1) is 17.8 Å². The first-order valence-electron chi connectivity index (χ1n) is 8.73. The summed E-state index contributed by atoms with van der Waals surface area (Å²) in [6.07, 6.45) is 11.5. The normalized spacial score (nSPS) is 35.7. The maximum absolute atomic E-state index is 3.60. The Kier molecular flexibility index (Phi) is 8.06. The molecular weight excluding hydrogens is 230 g/mol. The molecule has 1 nitrogen and oxygen atoms in total. The van der Waals surface area contributed by atoms with Crippen molar-refractivity contribution < 1.29 is 0 Å². The third-order valence-corrected chi connectivity index (χ3v) is 4.89. The van der Waals surface area contributed by atoms with Crippen LogP contribution in [-0.2, 0) is 0 Å². The summed E-state index contributed by atoms with van der Waals surface area (Å²) in [5, 5.41) is 3.60. The van der Waals surface area contributed by atoms with Gasteiger partial charge in [-0.15, -0.1) is 0 Å². The topological polar surface area (TPSA) is 12.0 Å². The second-order valence-corrected chi connectivity index (χ2v) is 7.64. The number of nitrogens with one attached hydrogen (secondary N) is 1. The first kappa shape index (κ1) is 17.0. The molecule has 2 saturated carbocycles. The van der Waals surface area contributed by atoms with Crippen LogP contribution in [0.1, 0.15) is 86.0 Å². The van der Waals surface area contributed by atoms with Gasteiger partial charge in [-0.25, -0.2) is 0 Å². The fourth-order valence-corrected chi connectivity index (χ4v) is 3.32. The molecule has 0 unspecified atom stereocenters. The van der Waals surface area contributed by atoms with Gasteiger partial charge in [-0.3, -0.25) is 0 Å². The van der Waals surface area contributed by atoms with E-state index in [4.69, 9.17) is 0 Å². The fraction of sp³-hybridized carbons (Fsp3) is 1.00. The van der Waals surface area contributed by atoms with Crippen molar-refractivity contribution in [1.82, 2.24) is 5.32 Å². The fourth-order valence-electron chi connectivity index (χ4n) is 3.32. The lowest BCUT2D eigenvalue weighted by atomic mass is 9.84. The minimum atomic E-state index is 0.661. The highest BCUT2D eigenvalue weighted by Gasteiger charge is 2.17. The Bertz CT molecular complexity index is 198. The number of hydrogen-bond donors (Lipinski definition) is 1. The van der Waals surface area contributed by atoms with E-state index in [0.717, 1.165) is 23.8 Å². The van der Waals surface area contributed by atoms with E-state index < -0.39 is 0 Å². The monoisotopic (exact) mass is 267 g/mol. The first-order valence-corrected chi connectivity index (χ1v) is 8.73. The van der Waals surface area contributed by atoms with E-state index in [9.17, 15) is 0 Å². The summed E-state index contributed by atoms with van der Waals surface area (Å²) < 4.78 is 0. The van der Waals surface area contributed by atoms with Crippen molar-refractivity contribution in [1.29, 1.82) is 0 Å². The molecule has 19 heavy (non-hydrogen) atoms. The van der Waals surface area contributed by atoms with Gasteiger partial charge in [0.15, 0.2) is 0 Å². The summed E-state index contributed by atoms with van der Waals surface area (Å²) in [4.78, 5) is 0. The van der Waals surface area contributed by atoms with Crippen LogP contribution in [-0.4, -0.2) is 12.1 Å². The van der Waals surface area contributed by atoms with Crippen molar-refractivity contribution in [3.8, 4) is 0 Å². The van der Waals surface area contributed by atoms with Crippen LogP contribution in [0.2, 0.25) is 0 Å². The van der Waals surface area contributed by atoms with Crippen LogP contribution in [0.15, 0.2) is 0 Å². The highest BCUT2D eigenvalue weighted by Crippen LogP contribution is 2.27. The second kappa shape index (κ2) is 9.00. The van der Waals surface area contributed by atoms with Crippen LogP contribution in [0.4, 0.5) is 0 Å². The first-order chi connectivity index (χ1) is 8.97. The Balaban J connectivity index is 0.000000200. The molecular formula is C18H37N. The molecule has 0 aliphatic heterocycles. The van der Waals surface area contributed by atoms with Gasteiger partial charge in [-0.05, 0) is 43.4 Å². The van der Waals surface area contributed by atoms with E-state index in [1.165, 1.54) is 51.4 Å². The van der Waals surface area contributed by atoms with Crippen molar-refractivity contribution in [2.45, 2.75) is 98.1 Å². The van der Waals surface area contributed by atoms with Crippen LogP contribution in [0.25, 0.3) is 0 Å². The summed E-state index contributed by atoms with van der Waals surface area (Å²) in [6.45, 7) is 11.6. The molecule has 114 valence electrons. The second-order valence-electron chi connectivity index (χ2n) is 7.64. The minimum Gasteiger partial charge on any atom is -0.312 e. The zero-order valence-corrected chi connectivity index (χ0v) is 14.0. The lowest BCUT2D eigenvalue weighted by Gasteiger charge is -2.28. The van der Waals surface area contributed by atoms with Gasteiger partial charge >= 0.3 is 0 Å². The third-order valence-electron chi connectivity index (χ3n) is 4.89. The van der Waals surface area contributed by atoms with Gasteiger partial charge in [0.05, 0.1) is 0 Å². The summed E-state index contributed by atoms with van der Waals surface area (Å²) in [5.74, 6) is 3.01. The molecule has 0 atom stereocenters. The molecule has 0 saturated heterocycles. The van der Waals surface area contributed by atoms with Crippen LogP contribution in [0.3, 0.4) is 0 Å². The molecule has 0 aromatic heterocycles. The summed E-state index contributed by atoms with van der Waals surface area (Å²) >= 11 is 0. The molecule has 0 amide bonds. The maximum Gasteiger partial charge on any atom is 0.00696 e. The Morgan fingerprint density at radius 3 is 1.26 bits per heavy atom. The zero-order chi connectivity index (χ0) is 14.3. The standard InChI is InChI=1S/C10H21N.C8H16/c1-8(2)11-10-6-4-9(3)5-7-10;1-7-3-5-8(2)6-4-7/h8-11H,4-7H2,1-3H3;7-8H,3-6H2,1-2H3. The van der Waals surface area contributed by atoms with Gasteiger partial charge in [-0.1, -0.05) is 60.3 Å². The van der Waals surface area contributed by atoms with Crippen molar-refractivity contribution in [2.24, 2.45) is 17.8 Å². The predicted octanol–water partition coefficient (Wildman–Crippen LogP) is 5.40. The Morgan fingerprint density at radius 2 is 0.947 bits per heavy atom. The zero-order valence-electron chi connectivity index (χ0n) is 14.0. The minimum absolute atomic E-state index is 0.661. The Morgan fingerprint density at radius 1 is 0.632 bits per heavy atom. The molecule has 0 aromatic rings. The molecule has 1 heteroatoms. The van der Waals surface area contributed by atoms with Gasteiger partial charge in [0, 0.05) is 12.1 Å². The van der Waals surface area contributed by atoms with Crippen LogP contribution >= 0.6 is 0 Å². The van der Waals surface area contributed by atoms with Crippen LogP contribution in [0.5, 0.6) is 0 Å². The van der Waals surface area contributed by atoms with E-state index in [1.807, 2.05) is 0 Å². The number of hydrogen-bond acceptors (Lipinski definition) is 1. The molecule has 0 radical (unpaired) electrons. The molecule has 0 bridgehead atoms. The predicted molar refractivity (Wildman–Crippen MR) is 86.5 cm³/mol. The van der Waals surface area contributed by atoms with Crippen LogP contribution < -0.4 is 5.32 Å². The van der Waals surface area contributed by atoms with E-state index in [0.29, 0.717) is 6.04 Å². The van der Waals surface area contributed by atoms with Gasteiger partial charge in [0.1, 0.15) is 0 Å². The molecule has 1 N–H and O–H groups in total. The summed E-state index contributed by atoms with van der Waals surface area (Å²) in [6, 6.07) is 1.47. The van der Waals surface area contributed by atoms with E-state index >= 15 is 0 Å². The molecule has 2 fully saturated rings. The molecule has 2 aliphatic rings. The molecule has 2 aliphatic carbocycles. The van der Waals surface area contributed by atoms with Gasteiger partial charge in [0.25, 0.3) is 0 Å². The molecule has 0 heterocycles. The van der Waals surface area contributed by atoms with Crippen molar-refractivity contribution in [3.63, 3.8) is 0 Å². The SMILES string of the molecule is CC1CCC(C)CC1.CC1CCC(NC(C)C)CC1. The molecule has 2 rings (SSSR count). The van der Waals surface area contributed by atoms with Crippen molar-refractivity contribution >= 4 is 0 Å². The van der Waals surface area contributed by atoms with Crippen molar-refractivity contribution in [3.05, 3.63) is 0 Å². The van der Waals surface area contributed by atoms with E-state index in [-0.39, 0.29) is 0 Å². The summed E-state index contributed by atoms with van der Waals surface area (Å²) in [7, 11) is 0. The highest BCUT2D eigenvalue weighted by molar-refractivity contribution is 4.76. The number of rotatable bonds is 2. The van der Waals surface area contributed by atoms with Crippen molar-refractivity contribution in [2.75, 3.05) is 0 Å². The lowest BCUT2D eigenvalue weighted by molar-refractivity contribution is 0.295. The quantitative estimate of drug-likeness (QED) is 0.706. The van der Waals surface area contributed by atoms with E-state index in [2.05, 4.69) is 39.9 Å². The van der Waals surface area contributed by atoms with E-state index in [1.54, 1.807) is 0 Å². The maximum atomic E-state index is 3.60. The average Bonchev–Trinajstić information content (AvgIpc) is 2.36. The lowest BCUT2D eigenvalue weighted by Crippen LogP contribution is -2.37. The molecule has 0 spiro atoms. The largest absolute Gasteiger partial charge is 0.312 e. The van der Waals surface area contributed by atoms with Gasteiger partial charge < -0.3 is 5.32 Å². The third kappa shape index (κ3) is 7.97. The average molecular weight is 268 g/mol. The summed E-state index contributed by atoms with van der Waals surface area (Å²) in [5.41, 5.74) is 0. The smallest absolute Gasteiger partial charge is 0.00696 e. The molecule has 0 aromatic carbocycles. The Hall–Kier alpha value is -0.0400. The van der Waals surface area contributed by atoms with Gasteiger partial charge in [-0.2, -0.15) is 0 Å².